The highest BCUT2D eigenvalue weighted by Gasteiger charge is 2.08. The van der Waals surface area contributed by atoms with E-state index in [4.69, 9.17) is 4.74 Å². The van der Waals surface area contributed by atoms with Crippen LogP contribution in [0.25, 0.3) is 10.8 Å². The fourth-order valence-corrected chi connectivity index (χ4v) is 2.97. The minimum atomic E-state index is -0.271. The third kappa shape index (κ3) is 5.10. The number of carbonyl (C=O) groups excluding carboxylic acids is 2. The summed E-state index contributed by atoms with van der Waals surface area (Å²) in [5.41, 5.74) is 2.78. The first-order valence-electron chi connectivity index (χ1n) is 9.27. The summed E-state index contributed by atoms with van der Waals surface area (Å²) < 4.78 is 5.68. The summed E-state index contributed by atoms with van der Waals surface area (Å²) in [6, 6.07) is 19.3. The highest BCUT2D eigenvalue weighted by atomic mass is 16.5. The Kier molecular flexibility index (Phi) is 6.27. The van der Waals surface area contributed by atoms with Gasteiger partial charge in [-0.3, -0.25) is 9.59 Å². The number of rotatable bonds is 7. The Morgan fingerprint density at radius 3 is 2.46 bits per heavy atom. The van der Waals surface area contributed by atoms with Crippen LogP contribution in [-0.4, -0.2) is 31.5 Å². The normalized spacial score (nSPS) is 10.5. The molecule has 0 aliphatic carbocycles. The smallest absolute Gasteiger partial charge is 0.251 e. The SMILES string of the molecule is Cc1ccc(OCCNC(=O)CNC(=O)c2ccc3ccccc3c2)c(C)c1. The van der Waals surface area contributed by atoms with Crippen molar-refractivity contribution in [2.75, 3.05) is 19.7 Å². The quantitative estimate of drug-likeness (QED) is 0.621. The Labute approximate surface area is 164 Å². The second-order valence-corrected chi connectivity index (χ2v) is 6.71. The van der Waals surface area contributed by atoms with E-state index in [0.717, 1.165) is 22.1 Å². The number of amides is 2. The molecule has 0 heterocycles. The van der Waals surface area contributed by atoms with Gasteiger partial charge in [-0.1, -0.05) is 48.0 Å². The number of hydrogen-bond donors (Lipinski definition) is 2. The lowest BCUT2D eigenvalue weighted by Gasteiger charge is -2.11. The summed E-state index contributed by atoms with van der Waals surface area (Å²) in [6.45, 7) is 4.69. The molecule has 0 aliphatic rings. The molecule has 0 unspecified atom stereocenters. The van der Waals surface area contributed by atoms with Crippen molar-refractivity contribution in [2.24, 2.45) is 0 Å². The van der Waals surface area contributed by atoms with Crippen molar-refractivity contribution >= 4 is 22.6 Å². The molecule has 28 heavy (non-hydrogen) atoms. The fourth-order valence-electron chi connectivity index (χ4n) is 2.97. The van der Waals surface area contributed by atoms with Crippen molar-refractivity contribution in [1.29, 1.82) is 0 Å². The Morgan fingerprint density at radius 2 is 1.68 bits per heavy atom. The highest BCUT2D eigenvalue weighted by molar-refractivity contribution is 5.99. The molecule has 0 aliphatic heterocycles. The minimum absolute atomic E-state index is 0.0742. The van der Waals surface area contributed by atoms with Gasteiger partial charge in [0, 0.05) is 5.56 Å². The van der Waals surface area contributed by atoms with Gasteiger partial charge in [-0.15, -0.1) is 0 Å². The molecule has 3 aromatic carbocycles. The van der Waals surface area contributed by atoms with Crippen LogP contribution < -0.4 is 15.4 Å². The lowest BCUT2D eigenvalue weighted by atomic mass is 10.1. The summed E-state index contributed by atoms with van der Waals surface area (Å²) in [4.78, 5) is 24.2. The zero-order chi connectivity index (χ0) is 19.9. The van der Waals surface area contributed by atoms with Crippen molar-refractivity contribution in [3.63, 3.8) is 0 Å². The van der Waals surface area contributed by atoms with E-state index in [-0.39, 0.29) is 18.4 Å². The maximum atomic E-state index is 12.3. The lowest BCUT2D eigenvalue weighted by Crippen LogP contribution is -2.38. The molecule has 2 N–H and O–H groups in total. The van der Waals surface area contributed by atoms with E-state index in [0.29, 0.717) is 18.7 Å². The monoisotopic (exact) mass is 376 g/mol. The van der Waals surface area contributed by atoms with Gasteiger partial charge in [0.05, 0.1) is 13.1 Å². The summed E-state index contributed by atoms with van der Waals surface area (Å²) in [6.07, 6.45) is 0. The molecule has 2 amide bonds. The molecule has 3 aromatic rings. The standard InChI is InChI=1S/C23H24N2O3/c1-16-7-10-21(17(2)13-16)28-12-11-24-22(26)15-25-23(27)20-9-8-18-5-3-4-6-19(18)14-20/h3-10,13-14H,11-12,15H2,1-2H3,(H,24,26)(H,25,27). The van der Waals surface area contributed by atoms with Gasteiger partial charge in [-0.2, -0.15) is 0 Å². The molecule has 0 fully saturated rings. The molecular weight excluding hydrogens is 352 g/mol. The number of aryl methyl sites for hydroxylation is 2. The number of hydrogen-bond acceptors (Lipinski definition) is 3. The first kappa shape index (κ1) is 19.4. The van der Waals surface area contributed by atoms with Crippen molar-refractivity contribution in [2.45, 2.75) is 13.8 Å². The van der Waals surface area contributed by atoms with Gasteiger partial charge < -0.3 is 15.4 Å². The second kappa shape index (κ2) is 9.04. The molecule has 0 saturated heterocycles. The number of fused-ring (bicyclic) bond motifs is 1. The predicted molar refractivity (Wildman–Crippen MR) is 111 cm³/mol. The first-order valence-corrected chi connectivity index (χ1v) is 9.27. The van der Waals surface area contributed by atoms with E-state index in [1.807, 2.05) is 62.4 Å². The van der Waals surface area contributed by atoms with Crippen LogP contribution in [0.3, 0.4) is 0 Å². The molecule has 5 heteroatoms. The van der Waals surface area contributed by atoms with Crippen molar-refractivity contribution < 1.29 is 14.3 Å². The van der Waals surface area contributed by atoms with Crippen LogP contribution in [0.1, 0.15) is 21.5 Å². The fraction of sp³-hybridized carbons (Fsp3) is 0.217. The van der Waals surface area contributed by atoms with E-state index in [9.17, 15) is 9.59 Å². The van der Waals surface area contributed by atoms with Crippen LogP contribution in [0.4, 0.5) is 0 Å². The van der Waals surface area contributed by atoms with Crippen LogP contribution >= 0.6 is 0 Å². The van der Waals surface area contributed by atoms with Gasteiger partial charge in [0.15, 0.2) is 0 Å². The predicted octanol–water partition coefficient (Wildman–Crippen LogP) is 3.38. The first-order chi connectivity index (χ1) is 13.5. The molecule has 5 nitrogen and oxygen atoms in total. The lowest BCUT2D eigenvalue weighted by molar-refractivity contribution is -0.120. The summed E-state index contributed by atoms with van der Waals surface area (Å²) in [5.74, 6) is 0.287. The zero-order valence-electron chi connectivity index (χ0n) is 16.1. The zero-order valence-corrected chi connectivity index (χ0v) is 16.1. The maximum absolute atomic E-state index is 12.3. The van der Waals surface area contributed by atoms with Crippen LogP contribution in [0, 0.1) is 13.8 Å². The molecule has 0 radical (unpaired) electrons. The second-order valence-electron chi connectivity index (χ2n) is 6.71. The van der Waals surface area contributed by atoms with Gasteiger partial charge in [-0.25, -0.2) is 0 Å². The summed E-state index contributed by atoms with van der Waals surface area (Å²) in [7, 11) is 0. The van der Waals surface area contributed by atoms with E-state index in [2.05, 4.69) is 16.7 Å². The Bertz CT molecular complexity index is 998. The van der Waals surface area contributed by atoms with Crippen LogP contribution in [-0.2, 0) is 4.79 Å². The topological polar surface area (TPSA) is 67.4 Å². The Morgan fingerprint density at radius 1 is 0.893 bits per heavy atom. The summed E-state index contributed by atoms with van der Waals surface area (Å²) in [5, 5.41) is 7.45. The molecule has 3 rings (SSSR count). The van der Waals surface area contributed by atoms with E-state index >= 15 is 0 Å². The van der Waals surface area contributed by atoms with Crippen LogP contribution in [0.5, 0.6) is 5.75 Å². The van der Waals surface area contributed by atoms with Crippen molar-refractivity contribution in [3.8, 4) is 5.75 Å². The molecule has 0 spiro atoms. The number of benzene rings is 3. The average molecular weight is 376 g/mol. The van der Waals surface area contributed by atoms with Crippen molar-refractivity contribution in [3.05, 3.63) is 77.4 Å². The number of nitrogens with one attached hydrogen (secondary N) is 2. The maximum Gasteiger partial charge on any atom is 0.251 e. The molecule has 0 atom stereocenters. The minimum Gasteiger partial charge on any atom is -0.491 e. The third-order valence-corrected chi connectivity index (χ3v) is 4.43. The molecule has 0 aromatic heterocycles. The van der Waals surface area contributed by atoms with Crippen molar-refractivity contribution in [1.82, 2.24) is 10.6 Å². The Balaban J connectivity index is 1.41. The largest absolute Gasteiger partial charge is 0.491 e. The van der Waals surface area contributed by atoms with Gasteiger partial charge in [0.1, 0.15) is 12.4 Å². The average Bonchev–Trinajstić information content (AvgIpc) is 2.70. The van der Waals surface area contributed by atoms with E-state index in [1.165, 1.54) is 5.56 Å². The third-order valence-electron chi connectivity index (χ3n) is 4.43. The molecule has 144 valence electrons. The summed E-state index contributed by atoms with van der Waals surface area (Å²) >= 11 is 0. The highest BCUT2D eigenvalue weighted by Crippen LogP contribution is 2.18. The van der Waals surface area contributed by atoms with Gasteiger partial charge in [-0.05, 0) is 48.4 Å². The van der Waals surface area contributed by atoms with E-state index in [1.54, 1.807) is 6.07 Å². The van der Waals surface area contributed by atoms with Crippen LogP contribution in [0.2, 0.25) is 0 Å². The van der Waals surface area contributed by atoms with Crippen LogP contribution in [0.15, 0.2) is 60.7 Å². The number of carbonyl (C=O) groups is 2. The molecule has 0 bridgehead atoms. The molecule has 0 saturated carbocycles. The van der Waals surface area contributed by atoms with E-state index < -0.39 is 0 Å². The Hall–Kier alpha value is -3.34. The van der Waals surface area contributed by atoms with Gasteiger partial charge in [0.25, 0.3) is 5.91 Å². The van der Waals surface area contributed by atoms with Gasteiger partial charge >= 0.3 is 0 Å². The van der Waals surface area contributed by atoms with Gasteiger partial charge in [0.2, 0.25) is 5.91 Å². The number of ether oxygens (including phenoxy) is 1. The molecular formula is C23H24N2O3.